The first-order valence-corrected chi connectivity index (χ1v) is 8.24. The Labute approximate surface area is 137 Å². The van der Waals surface area contributed by atoms with Gasteiger partial charge in [-0.25, -0.2) is 4.79 Å². The van der Waals surface area contributed by atoms with E-state index in [-0.39, 0.29) is 19.2 Å². The summed E-state index contributed by atoms with van der Waals surface area (Å²) in [6.07, 6.45) is 1.84. The van der Waals surface area contributed by atoms with E-state index in [1.807, 2.05) is 53.9 Å². The van der Waals surface area contributed by atoms with E-state index in [1.54, 1.807) is 11.3 Å². The fourth-order valence-corrected chi connectivity index (χ4v) is 3.56. The molecule has 1 aliphatic heterocycles. The Bertz CT molecular complexity index is 908. The van der Waals surface area contributed by atoms with E-state index in [2.05, 4.69) is 6.07 Å². The summed E-state index contributed by atoms with van der Waals surface area (Å²) in [6.45, 7) is 0.530. The van der Waals surface area contributed by atoms with E-state index in [4.69, 9.17) is 9.47 Å². The van der Waals surface area contributed by atoms with Crippen molar-refractivity contribution in [3.63, 3.8) is 0 Å². The zero-order chi connectivity index (χ0) is 15.6. The Hall–Kier alpha value is -2.59. The van der Waals surface area contributed by atoms with Gasteiger partial charge in [-0.1, -0.05) is 36.4 Å². The van der Waals surface area contributed by atoms with Crippen LogP contribution in [0.4, 0.5) is 0 Å². The number of fused-ring (bicyclic) bond motifs is 2. The van der Waals surface area contributed by atoms with Crippen molar-refractivity contribution >= 4 is 33.5 Å². The molecule has 0 atom stereocenters. The van der Waals surface area contributed by atoms with Crippen LogP contribution < -0.4 is 4.74 Å². The van der Waals surface area contributed by atoms with Gasteiger partial charge in [0.15, 0.2) is 0 Å². The number of hydrogen-bond donors (Lipinski definition) is 0. The molecular weight excluding hydrogens is 308 g/mol. The van der Waals surface area contributed by atoms with Crippen molar-refractivity contribution in [3.05, 3.63) is 70.6 Å². The third-order valence-corrected chi connectivity index (χ3v) is 4.83. The molecule has 0 N–H and O–H groups in total. The zero-order valence-electron chi connectivity index (χ0n) is 12.3. The number of para-hydroxylation sites is 1. The first kappa shape index (κ1) is 14.0. The summed E-state index contributed by atoms with van der Waals surface area (Å²) in [7, 11) is 0. The van der Waals surface area contributed by atoms with E-state index in [9.17, 15) is 4.79 Å². The molecule has 3 aromatic rings. The van der Waals surface area contributed by atoms with Gasteiger partial charge >= 0.3 is 5.97 Å². The number of benzene rings is 2. The molecule has 1 aliphatic rings. The van der Waals surface area contributed by atoms with Crippen LogP contribution in [0.3, 0.4) is 0 Å². The summed E-state index contributed by atoms with van der Waals surface area (Å²) in [4.78, 5) is 12.3. The first-order chi connectivity index (χ1) is 11.3. The highest BCUT2D eigenvalue weighted by molar-refractivity contribution is 7.17. The Morgan fingerprint density at radius 1 is 1.13 bits per heavy atom. The minimum Gasteiger partial charge on any atom is -0.488 e. The lowest BCUT2D eigenvalue weighted by atomic mass is 10.1. The fraction of sp³-hybridized carbons (Fsp3) is 0.105. The summed E-state index contributed by atoms with van der Waals surface area (Å²) in [5.74, 6) is 0.475. The molecule has 2 heterocycles. The normalized spacial score (nSPS) is 13.1. The lowest BCUT2D eigenvalue weighted by molar-refractivity contribution is -0.140. The number of rotatable bonds is 3. The smallest absolute Gasteiger partial charge is 0.337 e. The van der Waals surface area contributed by atoms with Crippen LogP contribution in [0.25, 0.3) is 16.2 Å². The van der Waals surface area contributed by atoms with Crippen LogP contribution in [0, 0.1) is 0 Å². The molecule has 2 aromatic carbocycles. The maximum Gasteiger partial charge on any atom is 0.337 e. The zero-order valence-corrected chi connectivity index (χ0v) is 13.1. The van der Waals surface area contributed by atoms with Crippen LogP contribution >= 0.6 is 11.3 Å². The van der Waals surface area contributed by atoms with Gasteiger partial charge in [-0.05, 0) is 29.0 Å². The van der Waals surface area contributed by atoms with Gasteiger partial charge in [0.25, 0.3) is 0 Å². The summed E-state index contributed by atoms with van der Waals surface area (Å²) >= 11 is 1.66. The predicted octanol–water partition coefficient (Wildman–Crippen LogP) is 4.42. The van der Waals surface area contributed by atoms with Crippen molar-refractivity contribution in [2.24, 2.45) is 0 Å². The van der Waals surface area contributed by atoms with Gasteiger partial charge in [0.05, 0.1) is 5.57 Å². The Morgan fingerprint density at radius 3 is 2.91 bits per heavy atom. The summed E-state index contributed by atoms with van der Waals surface area (Å²) in [5, 5.41) is 3.18. The van der Waals surface area contributed by atoms with Gasteiger partial charge < -0.3 is 9.47 Å². The van der Waals surface area contributed by atoms with Crippen molar-refractivity contribution in [1.82, 2.24) is 0 Å². The average molecular weight is 322 g/mol. The quantitative estimate of drug-likeness (QED) is 0.670. The molecular formula is C19H14O3S. The molecule has 0 amide bonds. The second-order valence-corrected chi connectivity index (χ2v) is 6.24. The van der Waals surface area contributed by atoms with Crippen molar-refractivity contribution in [1.29, 1.82) is 0 Å². The summed E-state index contributed by atoms with van der Waals surface area (Å²) in [6, 6.07) is 15.8. The molecule has 0 aliphatic carbocycles. The monoisotopic (exact) mass is 322 g/mol. The van der Waals surface area contributed by atoms with Gasteiger partial charge in [0.1, 0.15) is 19.0 Å². The maximum atomic E-state index is 12.3. The maximum absolute atomic E-state index is 12.3. The van der Waals surface area contributed by atoms with E-state index in [0.29, 0.717) is 5.57 Å². The van der Waals surface area contributed by atoms with E-state index in [0.717, 1.165) is 22.3 Å². The third-order valence-electron chi connectivity index (χ3n) is 3.81. The number of hydrogen-bond acceptors (Lipinski definition) is 4. The lowest BCUT2D eigenvalue weighted by Gasteiger charge is -2.16. The van der Waals surface area contributed by atoms with Gasteiger partial charge in [-0.2, -0.15) is 0 Å². The molecule has 0 spiro atoms. The molecule has 23 heavy (non-hydrogen) atoms. The number of carbonyl (C=O) groups excluding carboxylic acids is 1. The number of esters is 1. The fourth-order valence-electron chi connectivity index (χ4n) is 2.61. The molecule has 0 radical (unpaired) electrons. The van der Waals surface area contributed by atoms with Crippen LogP contribution in [-0.4, -0.2) is 12.6 Å². The predicted molar refractivity (Wildman–Crippen MR) is 91.5 cm³/mol. The highest BCUT2D eigenvalue weighted by Gasteiger charge is 2.18. The summed E-state index contributed by atoms with van der Waals surface area (Å²) in [5.41, 5.74) is 2.49. The molecule has 0 unspecified atom stereocenters. The van der Waals surface area contributed by atoms with Crippen LogP contribution in [0.1, 0.15) is 11.1 Å². The third kappa shape index (κ3) is 2.73. The Balaban J connectivity index is 1.50. The van der Waals surface area contributed by atoms with Gasteiger partial charge in [-0.3, -0.25) is 0 Å². The number of thiophene rings is 1. The topological polar surface area (TPSA) is 35.5 Å². The minimum atomic E-state index is -0.324. The SMILES string of the molecule is O=C(OCc1csc2ccccc12)C1=Cc2ccccc2OC1. The van der Waals surface area contributed by atoms with Crippen molar-refractivity contribution in [2.45, 2.75) is 6.61 Å². The van der Waals surface area contributed by atoms with E-state index >= 15 is 0 Å². The molecule has 0 fully saturated rings. The number of carbonyl (C=O) groups is 1. The molecule has 0 saturated carbocycles. The lowest BCUT2D eigenvalue weighted by Crippen LogP contribution is -2.17. The van der Waals surface area contributed by atoms with Gasteiger partial charge in [-0.15, -0.1) is 11.3 Å². The van der Waals surface area contributed by atoms with Gasteiger partial charge in [0, 0.05) is 15.8 Å². The highest BCUT2D eigenvalue weighted by atomic mass is 32.1. The average Bonchev–Trinajstić information content (AvgIpc) is 3.02. The van der Waals surface area contributed by atoms with Crippen molar-refractivity contribution in [2.75, 3.05) is 6.61 Å². The van der Waals surface area contributed by atoms with E-state index < -0.39 is 0 Å². The second-order valence-electron chi connectivity index (χ2n) is 5.33. The second kappa shape index (κ2) is 5.89. The largest absolute Gasteiger partial charge is 0.488 e. The van der Waals surface area contributed by atoms with Crippen LogP contribution in [0.2, 0.25) is 0 Å². The Kier molecular flexibility index (Phi) is 3.60. The van der Waals surface area contributed by atoms with Crippen LogP contribution in [0.15, 0.2) is 59.5 Å². The molecule has 4 heteroatoms. The first-order valence-electron chi connectivity index (χ1n) is 7.36. The van der Waals surface area contributed by atoms with E-state index in [1.165, 1.54) is 4.70 Å². The van der Waals surface area contributed by atoms with Crippen molar-refractivity contribution in [3.8, 4) is 5.75 Å². The molecule has 4 rings (SSSR count). The Morgan fingerprint density at radius 2 is 1.96 bits per heavy atom. The summed E-state index contributed by atoms with van der Waals surface area (Å²) < 4.78 is 12.3. The molecule has 0 saturated heterocycles. The number of ether oxygens (including phenoxy) is 2. The molecule has 0 bridgehead atoms. The highest BCUT2D eigenvalue weighted by Crippen LogP contribution is 2.28. The standard InChI is InChI=1S/C19H14O3S/c20-19(14-9-13-5-1-3-7-17(13)21-10-14)22-11-15-12-23-18-8-4-2-6-16(15)18/h1-9,12H,10-11H2. The van der Waals surface area contributed by atoms with Crippen LogP contribution in [0.5, 0.6) is 5.75 Å². The molecule has 1 aromatic heterocycles. The van der Waals surface area contributed by atoms with Crippen molar-refractivity contribution < 1.29 is 14.3 Å². The molecule has 3 nitrogen and oxygen atoms in total. The van der Waals surface area contributed by atoms with Crippen LogP contribution in [-0.2, 0) is 16.1 Å². The van der Waals surface area contributed by atoms with Gasteiger partial charge in [0.2, 0.25) is 0 Å². The molecule has 114 valence electrons. The minimum absolute atomic E-state index is 0.250.